The van der Waals surface area contributed by atoms with Crippen LogP contribution in [-0.4, -0.2) is 156 Å². The van der Waals surface area contributed by atoms with Crippen molar-refractivity contribution >= 4 is 62.7 Å². The van der Waals surface area contributed by atoms with E-state index >= 15 is 0 Å². The molecule has 3 aromatic heterocycles. The predicted octanol–water partition coefficient (Wildman–Crippen LogP) is 20.0. The Balaban J connectivity index is 0.000000182. The first kappa shape index (κ1) is 87.5. The van der Waals surface area contributed by atoms with Crippen LogP contribution in [0.2, 0.25) is 0 Å². The molecule has 4 amide bonds. The molecular formula is C85H102F9N9O11. The number of nitrogens with zero attached hydrogens (tertiary/aromatic N) is 4. The number of H-pyrrole nitrogens is 3. The molecule has 3 aliphatic carbocycles. The van der Waals surface area contributed by atoms with Gasteiger partial charge in [-0.2, -0.15) is 0 Å². The summed E-state index contributed by atoms with van der Waals surface area (Å²) in [6, 6.07) is 47.0. The van der Waals surface area contributed by atoms with Crippen molar-refractivity contribution in [1.29, 1.82) is 0 Å². The van der Waals surface area contributed by atoms with Gasteiger partial charge in [0.05, 0.1) is 0 Å². The first-order valence-corrected chi connectivity index (χ1v) is 38.5. The van der Waals surface area contributed by atoms with E-state index < -0.39 is 36.3 Å². The standard InChI is InChI=1S/C30H36F3N3O4.C25H28F3N3O2.C20H32N2O2.C10H6F3NO3/c1-5-35(27(37)26-17-21-16-24(39-30(31,32)33)14-15-25(21)34-26)22-12-9-13-23(18-22)36(28(38)40-29(2,3)4)19-20-10-7-6-8-11-20;1-2-31(20-10-6-9-19(15-20)29-16-17-7-4-3-5-8-17)24(32)23-14-18-13-21(33-25(26,27)28)11-12-22(18)30-23;1-5-21-17-12-9-13-18(14-17)22(19(23)24-20(2,3)4)15-16-10-7-6-8-11-16;11-10(12,13)17-6-1-2-7-5(3-6)4-8(14-7)9(15)16/h6-8,10-11,14-17,22-23,34H,5,9,12-13,18-19H2,1-4H3;3-5,7-8,11-14,19-20,29-30H,2,6,9-10,15-16H2,1H3;6-8,10-11,17-18,21H,5,9,12-15H2,1-4H3;1-4,14H,(H,15,16)/t22-,23+;19-,20+;17-,18+;/m010./s1. The number of carbonyl (C=O) groups excluding carboxylic acids is 4. The number of ether oxygens (including phenoxy) is 5. The van der Waals surface area contributed by atoms with Crippen LogP contribution < -0.4 is 24.8 Å². The van der Waals surface area contributed by atoms with Crippen LogP contribution in [0.5, 0.6) is 17.2 Å². The van der Waals surface area contributed by atoms with E-state index in [0.29, 0.717) is 83.1 Å². The van der Waals surface area contributed by atoms with Crippen LogP contribution in [0.4, 0.5) is 49.1 Å². The summed E-state index contributed by atoms with van der Waals surface area (Å²) in [5.41, 5.74) is 4.38. The van der Waals surface area contributed by atoms with E-state index in [1.165, 1.54) is 60.5 Å². The topological polar surface area (TPSA) is 236 Å². The molecule has 0 unspecified atom stereocenters. The highest BCUT2D eigenvalue weighted by Crippen LogP contribution is 2.35. The summed E-state index contributed by atoms with van der Waals surface area (Å²) in [5.74, 6) is -2.60. The maximum Gasteiger partial charge on any atom is 0.573 e. The Morgan fingerprint density at radius 2 is 0.737 bits per heavy atom. The first-order valence-electron chi connectivity index (χ1n) is 38.5. The highest BCUT2D eigenvalue weighted by molar-refractivity contribution is 5.99. The highest BCUT2D eigenvalue weighted by atomic mass is 19.4. The van der Waals surface area contributed by atoms with Gasteiger partial charge in [0.25, 0.3) is 11.8 Å². The van der Waals surface area contributed by atoms with Gasteiger partial charge in [-0.05, 0) is 228 Å². The van der Waals surface area contributed by atoms with Crippen molar-refractivity contribution in [1.82, 2.24) is 45.2 Å². The molecule has 0 spiro atoms. The van der Waals surface area contributed by atoms with Crippen LogP contribution >= 0.6 is 0 Å². The van der Waals surface area contributed by atoms with E-state index in [9.17, 15) is 63.5 Å². The van der Waals surface area contributed by atoms with Gasteiger partial charge in [0.15, 0.2) is 0 Å². The third-order valence-corrected chi connectivity index (χ3v) is 19.6. The molecule has 0 saturated heterocycles. The van der Waals surface area contributed by atoms with Gasteiger partial charge in [-0.3, -0.25) is 9.59 Å². The summed E-state index contributed by atoms with van der Waals surface area (Å²) >= 11 is 0. The Hall–Kier alpha value is -10.4. The molecular weight excluding hydrogens is 1490 g/mol. The summed E-state index contributed by atoms with van der Waals surface area (Å²) in [6.07, 6.45) is -3.60. The fourth-order valence-corrected chi connectivity index (χ4v) is 14.7. The largest absolute Gasteiger partial charge is 0.573 e. The maximum atomic E-state index is 13.6. The fraction of sp³-hybridized carbons (Fsp3) is 0.447. The Bertz CT molecular complexity index is 4600. The number of hydrogen-bond donors (Lipinski definition) is 6. The lowest BCUT2D eigenvalue weighted by Crippen LogP contribution is -2.50. The molecule has 12 rings (SSSR count). The van der Waals surface area contributed by atoms with Crippen molar-refractivity contribution in [3.8, 4) is 17.2 Å². The molecule has 3 fully saturated rings. The fourth-order valence-electron chi connectivity index (χ4n) is 14.7. The Labute approximate surface area is 657 Å². The van der Waals surface area contributed by atoms with Gasteiger partial charge in [0.2, 0.25) is 0 Å². The summed E-state index contributed by atoms with van der Waals surface area (Å²) in [7, 11) is 0. The molecule has 3 saturated carbocycles. The lowest BCUT2D eigenvalue weighted by molar-refractivity contribution is -0.275. The second-order valence-corrected chi connectivity index (χ2v) is 30.5. The van der Waals surface area contributed by atoms with Gasteiger partial charge >= 0.3 is 37.2 Å². The molecule has 0 radical (unpaired) electrons. The van der Waals surface area contributed by atoms with Crippen LogP contribution in [0, 0.1) is 0 Å². The zero-order valence-corrected chi connectivity index (χ0v) is 65.5. The molecule has 6 atom stereocenters. The van der Waals surface area contributed by atoms with E-state index in [4.69, 9.17) is 14.6 Å². The van der Waals surface area contributed by atoms with Gasteiger partial charge in [-0.15, -0.1) is 39.5 Å². The Morgan fingerprint density at radius 1 is 0.412 bits per heavy atom. The van der Waals surface area contributed by atoms with Crippen molar-refractivity contribution < 1.29 is 92.3 Å². The molecule has 9 aromatic rings. The third kappa shape index (κ3) is 26.9. The van der Waals surface area contributed by atoms with Gasteiger partial charge < -0.3 is 74.0 Å². The number of benzene rings is 6. The van der Waals surface area contributed by atoms with Crippen LogP contribution in [0.15, 0.2) is 164 Å². The minimum Gasteiger partial charge on any atom is -0.477 e. The summed E-state index contributed by atoms with van der Waals surface area (Å²) in [4.78, 5) is 79.7. The van der Waals surface area contributed by atoms with Crippen molar-refractivity contribution in [3.63, 3.8) is 0 Å². The number of amides is 4. The Kier molecular flexibility index (Phi) is 30.0. The molecule has 616 valence electrons. The molecule has 6 aromatic carbocycles. The van der Waals surface area contributed by atoms with Crippen LogP contribution in [-0.2, 0) is 29.1 Å². The molecule has 0 bridgehead atoms. The second-order valence-electron chi connectivity index (χ2n) is 30.5. The van der Waals surface area contributed by atoms with Gasteiger partial charge in [0, 0.05) is 102 Å². The molecule has 3 heterocycles. The number of rotatable bonds is 21. The average molecular weight is 1600 g/mol. The lowest BCUT2D eigenvalue weighted by Gasteiger charge is -2.41. The first-order chi connectivity index (χ1) is 53.9. The van der Waals surface area contributed by atoms with Crippen molar-refractivity contribution in [2.75, 3.05) is 19.6 Å². The average Bonchev–Trinajstić information content (AvgIpc) is 1.62. The highest BCUT2D eigenvalue weighted by Gasteiger charge is 2.39. The zero-order chi connectivity index (χ0) is 82.7. The van der Waals surface area contributed by atoms with Crippen molar-refractivity contribution in [2.45, 2.75) is 226 Å². The molecule has 3 aliphatic rings. The van der Waals surface area contributed by atoms with Crippen LogP contribution in [0.3, 0.4) is 0 Å². The van der Waals surface area contributed by atoms with Crippen LogP contribution in [0.25, 0.3) is 32.7 Å². The quantitative estimate of drug-likeness (QED) is 0.0368. The van der Waals surface area contributed by atoms with Gasteiger partial charge in [-0.1, -0.05) is 97.9 Å². The predicted molar refractivity (Wildman–Crippen MR) is 417 cm³/mol. The van der Waals surface area contributed by atoms with Gasteiger partial charge in [-0.25, -0.2) is 14.4 Å². The lowest BCUT2D eigenvalue weighted by atomic mass is 9.88. The molecule has 29 heteroatoms. The molecule has 6 N–H and O–H groups in total. The normalized spacial score (nSPS) is 18.0. The van der Waals surface area contributed by atoms with Gasteiger partial charge in [0.1, 0.15) is 45.5 Å². The minimum atomic E-state index is -4.80. The third-order valence-electron chi connectivity index (χ3n) is 19.6. The van der Waals surface area contributed by atoms with E-state index in [1.807, 2.05) is 132 Å². The summed E-state index contributed by atoms with van der Waals surface area (Å²) in [5, 5.41) is 17.1. The second kappa shape index (κ2) is 39.1. The number of aromatic amines is 3. The number of nitrogens with one attached hydrogen (secondary N) is 5. The number of alkyl halides is 9. The summed E-state index contributed by atoms with van der Waals surface area (Å²) in [6.45, 7) is 21.1. The SMILES string of the molecule is CCN(C(=O)c1cc2cc(OC(F)(F)F)ccc2[nH]1)[C@H]1CCC[C@@H](N(Cc2ccccc2)C(=O)OC(C)(C)C)C1.CCN(C(=O)c1cc2cc(OC(F)(F)F)ccc2[nH]1)[C@H]1CCC[C@@H](NCc2ccccc2)C1.CCN[C@H]1CCC[C@@H](N(Cc2ccccc2)C(=O)OC(C)(C)C)C1.O=C(O)c1cc2cc(OC(F)(F)F)ccc2[nH]1. The number of carboxylic acid groups (broad SMARTS) is 1. The van der Waals surface area contributed by atoms with E-state index in [2.05, 4.69) is 71.0 Å². The van der Waals surface area contributed by atoms with E-state index in [-0.39, 0.29) is 76.8 Å². The molecule has 0 aliphatic heterocycles. The molecule has 20 nitrogen and oxygen atoms in total. The number of carbonyl (C=O) groups is 5. The van der Waals surface area contributed by atoms with Crippen molar-refractivity contribution in [3.05, 3.63) is 198 Å². The number of carboxylic acids is 1. The van der Waals surface area contributed by atoms with E-state index in [1.54, 1.807) is 21.9 Å². The summed E-state index contributed by atoms with van der Waals surface area (Å²) < 4.78 is 135. The number of halogens is 9. The number of fused-ring (bicyclic) bond motifs is 3. The van der Waals surface area contributed by atoms with Crippen molar-refractivity contribution in [2.24, 2.45) is 0 Å². The monoisotopic (exact) mass is 1600 g/mol. The molecule has 114 heavy (non-hydrogen) atoms. The smallest absolute Gasteiger partial charge is 0.477 e. The number of aromatic carboxylic acids is 1. The zero-order valence-electron chi connectivity index (χ0n) is 65.5. The maximum absolute atomic E-state index is 13.6. The van der Waals surface area contributed by atoms with Crippen LogP contribution in [0.1, 0.15) is 188 Å². The minimum absolute atomic E-state index is 0.0934. The number of aromatic nitrogens is 3. The number of hydrogen-bond acceptors (Lipinski definition) is 12. The Morgan fingerprint density at radius 3 is 1.09 bits per heavy atom. The van der Waals surface area contributed by atoms with E-state index in [0.717, 1.165) is 101 Å².